The first-order valence-corrected chi connectivity index (χ1v) is 4.08. The largest absolute Gasteiger partial charge is 3.00 e. The predicted octanol–water partition coefficient (Wildman–Crippen LogP) is -2.59. The molecular formula is C12H13Cl2Zr. The molecule has 0 aromatic heterocycles. The van der Waals surface area contributed by atoms with Crippen molar-refractivity contribution in [1.29, 1.82) is 0 Å². The normalized spacial score (nSPS) is 6.73. The average Bonchev–Trinajstić information content (AvgIpc) is 2.62. The van der Waals surface area contributed by atoms with Crippen LogP contribution in [0.15, 0.2) is 60.7 Å². The molecule has 0 fully saturated rings. The molecular weight excluding hydrogens is 306 g/mol. The molecule has 0 aliphatic rings. The third-order valence-corrected chi connectivity index (χ3v) is 1.50. The first kappa shape index (κ1) is 20.4. The van der Waals surface area contributed by atoms with Crippen molar-refractivity contribution < 1.29 is 51.0 Å². The number of halogens is 2. The zero-order valence-corrected chi connectivity index (χ0v) is 12.5. The minimum absolute atomic E-state index is 0. The number of aryl methyl sites for hydroxylation is 1. The zero-order valence-electron chi connectivity index (χ0n) is 8.53. The SMILES string of the molecule is Cc1ccccc1.[Cl-].[Cl-].[Zr+3].c1cc[cH-]c1. The Morgan fingerprint density at radius 2 is 1.27 bits per heavy atom. The monoisotopic (exact) mass is 317 g/mol. The van der Waals surface area contributed by atoms with E-state index in [0.717, 1.165) is 0 Å². The standard InChI is InChI=1S/C7H8.C5H5.2ClH.Zr/c1-7-5-3-2-4-6-7;1-2-4-5-3-1;;;/h2-6H,1H3;1-5H;2*1H;/q;-1;;;+3/p-2. The first-order valence-electron chi connectivity index (χ1n) is 4.08. The second-order valence-electron chi connectivity index (χ2n) is 2.62. The van der Waals surface area contributed by atoms with E-state index in [1.165, 1.54) is 5.56 Å². The van der Waals surface area contributed by atoms with Crippen LogP contribution in [0.2, 0.25) is 0 Å². The van der Waals surface area contributed by atoms with E-state index in [0.29, 0.717) is 0 Å². The summed E-state index contributed by atoms with van der Waals surface area (Å²) in [5, 5.41) is 0. The van der Waals surface area contributed by atoms with Gasteiger partial charge in [0.1, 0.15) is 0 Å². The van der Waals surface area contributed by atoms with E-state index in [-0.39, 0.29) is 51.0 Å². The maximum atomic E-state index is 2.08. The molecule has 0 spiro atoms. The topological polar surface area (TPSA) is 0 Å². The van der Waals surface area contributed by atoms with Gasteiger partial charge in [0.15, 0.2) is 0 Å². The van der Waals surface area contributed by atoms with Crippen LogP contribution in [-0.2, 0) is 26.2 Å². The third kappa shape index (κ3) is 12.0. The molecule has 3 heteroatoms. The van der Waals surface area contributed by atoms with E-state index in [1.807, 2.05) is 48.5 Å². The van der Waals surface area contributed by atoms with Crippen LogP contribution in [0.4, 0.5) is 0 Å². The van der Waals surface area contributed by atoms with Crippen LogP contribution in [0.25, 0.3) is 0 Å². The van der Waals surface area contributed by atoms with Crippen molar-refractivity contribution in [3.63, 3.8) is 0 Å². The third-order valence-electron chi connectivity index (χ3n) is 1.50. The quantitative estimate of drug-likeness (QED) is 0.468. The summed E-state index contributed by atoms with van der Waals surface area (Å²) in [6, 6.07) is 20.3. The van der Waals surface area contributed by atoms with Gasteiger partial charge in [-0.1, -0.05) is 35.9 Å². The number of benzene rings is 1. The molecule has 15 heavy (non-hydrogen) atoms. The fraction of sp³-hybridized carbons (Fsp3) is 0.0833. The summed E-state index contributed by atoms with van der Waals surface area (Å²) in [7, 11) is 0. The molecule has 0 bridgehead atoms. The Labute approximate surface area is 123 Å². The molecule has 2 aromatic carbocycles. The van der Waals surface area contributed by atoms with E-state index in [1.54, 1.807) is 0 Å². The van der Waals surface area contributed by atoms with E-state index in [4.69, 9.17) is 0 Å². The summed E-state index contributed by atoms with van der Waals surface area (Å²) >= 11 is 0. The molecule has 2 aromatic rings. The summed E-state index contributed by atoms with van der Waals surface area (Å²) in [4.78, 5) is 0. The summed E-state index contributed by atoms with van der Waals surface area (Å²) in [5.74, 6) is 0. The molecule has 0 N–H and O–H groups in total. The van der Waals surface area contributed by atoms with Crippen LogP contribution in [0.5, 0.6) is 0 Å². The van der Waals surface area contributed by atoms with Crippen molar-refractivity contribution in [2.75, 3.05) is 0 Å². The molecule has 0 aliphatic heterocycles. The Morgan fingerprint density at radius 1 is 0.800 bits per heavy atom. The molecule has 0 nitrogen and oxygen atoms in total. The fourth-order valence-corrected chi connectivity index (χ4v) is 0.855. The van der Waals surface area contributed by atoms with Crippen molar-refractivity contribution in [1.82, 2.24) is 0 Å². The van der Waals surface area contributed by atoms with Gasteiger partial charge >= 0.3 is 26.2 Å². The maximum absolute atomic E-state index is 2.08. The summed E-state index contributed by atoms with van der Waals surface area (Å²) in [6.07, 6.45) is 0. The zero-order chi connectivity index (χ0) is 8.65. The Morgan fingerprint density at radius 3 is 1.47 bits per heavy atom. The molecule has 0 atom stereocenters. The van der Waals surface area contributed by atoms with E-state index >= 15 is 0 Å². The van der Waals surface area contributed by atoms with Crippen LogP contribution < -0.4 is 24.8 Å². The maximum Gasteiger partial charge on any atom is 3.00 e. The summed E-state index contributed by atoms with van der Waals surface area (Å²) < 4.78 is 0. The van der Waals surface area contributed by atoms with Gasteiger partial charge in [0.2, 0.25) is 0 Å². The predicted molar refractivity (Wildman–Crippen MR) is 53.2 cm³/mol. The molecule has 79 valence electrons. The van der Waals surface area contributed by atoms with E-state index in [9.17, 15) is 0 Å². The van der Waals surface area contributed by atoms with Crippen molar-refractivity contribution >= 4 is 0 Å². The van der Waals surface area contributed by atoms with Gasteiger partial charge in [0.25, 0.3) is 0 Å². The van der Waals surface area contributed by atoms with Crippen molar-refractivity contribution in [3.05, 3.63) is 66.2 Å². The van der Waals surface area contributed by atoms with Gasteiger partial charge in [-0.25, -0.2) is 12.1 Å². The number of hydrogen-bond donors (Lipinski definition) is 0. The molecule has 0 aliphatic carbocycles. The van der Waals surface area contributed by atoms with Crippen LogP contribution in [0, 0.1) is 6.92 Å². The molecule has 0 unspecified atom stereocenters. The van der Waals surface area contributed by atoms with Crippen LogP contribution in [-0.4, -0.2) is 0 Å². The Kier molecular flexibility index (Phi) is 19.1. The Balaban J connectivity index is -0.000000165. The smallest absolute Gasteiger partial charge is 1.00 e. The summed E-state index contributed by atoms with van der Waals surface area (Å²) in [5.41, 5.74) is 1.32. The molecule has 1 radical (unpaired) electrons. The van der Waals surface area contributed by atoms with Gasteiger partial charge in [0.05, 0.1) is 0 Å². The van der Waals surface area contributed by atoms with Crippen molar-refractivity contribution in [2.45, 2.75) is 6.92 Å². The fourth-order valence-electron chi connectivity index (χ4n) is 0.855. The van der Waals surface area contributed by atoms with Crippen LogP contribution in [0.3, 0.4) is 0 Å². The molecule has 0 heterocycles. The second-order valence-corrected chi connectivity index (χ2v) is 2.62. The molecule has 0 saturated heterocycles. The minimum atomic E-state index is 0. The number of hydrogen-bond acceptors (Lipinski definition) is 0. The van der Waals surface area contributed by atoms with Gasteiger partial charge in [0, 0.05) is 0 Å². The van der Waals surface area contributed by atoms with Crippen molar-refractivity contribution in [2.24, 2.45) is 0 Å². The molecule has 2 rings (SSSR count). The summed E-state index contributed by atoms with van der Waals surface area (Å²) in [6.45, 7) is 2.08. The first-order chi connectivity index (χ1) is 5.89. The van der Waals surface area contributed by atoms with Gasteiger partial charge in [-0.15, -0.1) is 0 Å². The van der Waals surface area contributed by atoms with Gasteiger partial charge in [-0.05, 0) is 6.92 Å². The van der Waals surface area contributed by atoms with E-state index < -0.39 is 0 Å². The Bertz CT molecular complexity index is 262. The van der Waals surface area contributed by atoms with Crippen molar-refractivity contribution in [3.8, 4) is 0 Å². The Hall–Kier alpha value is 0.0331. The second kappa shape index (κ2) is 14.0. The van der Waals surface area contributed by atoms with Gasteiger partial charge < -0.3 is 24.8 Å². The minimum Gasteiger partial charge on any atom is -1.00 e. The van der Waals surface area contributed by atoms with Gasteiger partial charge in [-0.2, -0.15) is 18.2 Å². The number of rotatable bonds is 0. The molecule has 0 saturated carbocycles. The average molecular weight is 319 g/mol. The van der Waals surface area contributed by atoms with Gasteiger partial charge in [-0.3, -0.25) is 0 Å². The van der Waals surface area contributed by atoms with E-state index in [2.05, 4.69) is 19.1 Å². The van der Waals surface area contributed by atoms with Crippen LogP contribution in [0.1, 0.15) is 5.56 Å². The molecule has 0 amide bonds. The van der Waals surface area contributed by atoms with Crippen LogP contribution >= 0.6 is 0 Å².